The molecule has 0 unspecified atom stereocenters. The molecule has 0 saturated carbocycles. The Balaban J connectivity index is 1.31. The average molecular weight is 393 g/mol. The van der Waals surface area contributed by atoms with Crippen LogP contribution in [0.25, 0.3) is 27.4 Å². The number of benzene rings is 2. The molecule has 0 fully saturated rings. The molecule has 4 rings (SSSR count). The van der Waals surface area contributed by atoms with Crippen LogP contribution in [-0.2, 0) is 14.3 Å². The van der Waals surface area contributed by atoms with Gasteiger partial charge in [0.05, 0.1) is 10.2 Å². The molecular formula is C20H15N3O4S. The van der Waals surface area contributed by atoms with Crippen molar-refractivity contribution in [2.75, 3.05) is 11.9 Å². The molecule has 4 aromatic rings. The maximum Gasteiger partial charge on any atom is 0.331 e. The first-order valence-corrected chi connectivity index (χ1v) is 9.26. The van der Waals surface area contributed by atoms with Gasteiger partial charge in [0.1, 0.15) is 5.52 Å². The monoisotopic (exact) mass is 393 g/mol. The molecule has 8 heteroatoms. The molecule has 0 radical (unpaired) electrons. The number of ether oxygens (including phenoxy) is 1. The number of fused-ring (bicyclic) bond motifs is 2. The number of para-hydroxylation sites is 2. The number of hydrogen-bond acceptors (Lipinski definition) is 7. The van der Waals surface area contributed by atoms with Gasteiger partial charge in [0.15, 0.2) is 17.3 Å². The fraction of sp³-hybridized carbons (Fsp3) is 0.100. The summed E-state index contributed by atoms with van der Waals surface area (Å²) in [5.41, 5.74) is 3.25. The van der Waals surface area contributed by atoms with Gasteiger partial charge in [0.2, 0.25) is 5.89 Å². The maximum absolute atomic E-state index is 12.0. The molecule has 0 aliphatic carbocycles. The van der Waals surface area contributed by atoms with Crippen molar-refractivity contribution < 1.29 is 18.7 Å². The molecule has 0 spiro atoms. The fourth-order valence-corrected chi connectivity index (χ4v) is 3.51. The number of esters is 1. The summed E-state index contributed by atoms with van der Waals surface area (Å²) in [4.78, 5) is 32.3. The highest BCUT2D eigenvalue weighted by atomic mass is 32.1. The first-order chi connectivity index (χ1) is 13.6. The molecule has 2 heterocycles. The predicted octanol–water partition coefficient (Wildman–Crippen LogP) is 3.94. The largest absolute Gasteiger partial charge is 0.452 e. The first-order valence-electron chi connectivity index (χ1n) is 8.44. The molecule has 1 N–H and O–H groups in total. The number of carbonyl (C=O) groups is 2. The molecule has 0 bridgehead atoms. The molecular weight excluding hydrogens is 378 g/mol. The number of rotatable bonds is 5. The Labute approximate surface area is 163 Å². The third-order valence-corrected chi connectivity index (χ3v) is 4.74. The van der Waals surface area contributed by atoms with Crippen LogP contribution in [0.3, 0.4) is 0 Å². The van der Waals surface area contributed by atoms with E-state index in [0.29, 0.717) is 16.2 Å². The van der Waals surface area contributed by atoms with Crippen molar-refractivity contribution in [3.05, 3.63) is 60.0 Å². The lowest BCUT2D eigenvalue weighted by Gasteiger charge is -2.01. The number of hydrogen-bond donors (Lipinski definition) is 1. The van der Waals surface area contributed by atoms with Gasteiger partial charge in [-0.15, -0.1) is 0 Å². The second-order valence-electron chi connectivity index (χ2n) is 6.00. The van der Waals surface area contributed by atoms with E-state index < -0.39 is 18.5 Å². The summed E-state index contributed by atoms with van der Waals surface area (Å²) in [5.74, 6) is -0.843. The average Bonchev–Trinajstić information content (AvgIpc) is 3.27. The van der Waals surface area contributed by atoms with Crippen LogP contribution in [0.2, 0.25) is 0 Å². The van der Waals surface area contributed by atoms with Crippen molar-refractivity contribution in [2.45, 2.75) is 6.92 Å². The Morgan fingerprint density at radius 1 is 1.18 bits per heavy atom. The molecule has 2 aromatic carbocycles. The Kier molecular flexibility index (Phi) is 4.86. The number of thiazole rings is 1. The summed E-state index contributed by atoms with van der Waals surface area (Å²) in [5, 5.41) is 3.10. The molecule has 0 atom stereocenters. The Bertz CT molecular complexity index is 1180. The van der Waals surface area contributed by atoms with Crippen molar-refractivity contribution in [2.24, 2.45) is 0 Å². The SMILES string of the molecule is Cc1ccc2nc(NC(=O)COC(=O)/C=C/c3nc4ccccc4o3)sc2c1. The minimum absolute atomic E-state index is 0.285. The zero-order chi connectivity index (χ0) is 19.5. The van der Waals surface area contributed by atoms with Gasteiger partial charge >= 0.3 is 5.97 Å². The van der Waals surface area contributed by atoms with Crippen LogP contribution in [-0.4, -0.2) is 28.5 Å². The van der Waals surface area contributed by atoms with Gasteiger partial charge in [-0.3, -0.25) is 10.1 Å². The van der Waals surface area contributed by atoms with Gasteiger partial charge in [0.25, 0.3) is 5.91 Å². The van der Waals surface area contributed by atoms with Gasteiger partial charge in [-0.05, 0) is 36.8 Å². The Morgan fingerprint density at radius 2 is 2.04 bits per heavy atom. The van der Waals surface area contributed by atoms with Crippen molar-refractivity contribution in [1.29, 1.82) is 0 Å². The van der Waals surface area contributed by atoms with Crippen LogP contribution in [0.5, 0.6) is 0 Å². The summed E-state index contributed by atoms with van der Waals surface area (Å²) < 4.78 is 11.4. The first kappa shape index (κ1) is 17.9. The zero-order valence-corrected chi connectivity index (χ0v) is 15.7. The molecule has 0 aliphatic rings. The molecule has 140 valence electrons. The van der Waals surface area contributed by atoms with Gasteiger partial charge in [-0.2, -0.15) is 0 Å². The summed E-state index contributed by atoms with van der Waals surface area (Å²) in [6, 6.07) is 13.1. The standard InChI is InChI=1S/C20H15N3O4S/c1-12-6-7-14-16(10-12)28-20(22-14)23-17(24)11-26-19(25)9-8-18-21-13-4-2-3-5-15(13)27-18/h2-10H,11H2,1H3,(H,22,23,24)/b9-8+. The smallest absolute Gasteiger partial charge is 0.331 e. The Hall–Kier alpha value is -3.52. The molecule has 0 saturated heterocycles. The number of carbonyl (C=O) groups excluding carboxylic acids is 2. The highest BCUT2D eigenvalue weighted by Crippen LogP contribution is 2.26. The highest BCUT2D eigenvalue weighted by Gasteiger charge is 2.10. The van der Waals surface area contributed by atoms with Crippen molar-refractivity contribution in [3.8, 4) is 0 Å². The van der Waals surface area contributed by atoms with Crippen LogP contribution < -0.4 is 5.32 Å². The second kappa shape index (κ2) is 7.61. The van der Waals surface area contributed by atoms with Crippen LogP contribution in [0.1, 0.15) is 11.5 Å². The van der Waals surface area contributed by atoms with Crippen molar-refractivity contribution in [3.63, 3.8) is 0 Å². The van der Waals surface area contributed by atoms with Crippen molar-refractivity contribution in [1.82, 2.24) is 9.97 Å². The van der Waals surface area contributed by atoms with E-state index in [-0.39, 0.29) is 5.89 Å². The number of anilines is 1. The van der Waals surface area contributed by atoms with Gasteiger partial charge in [0, 0.05) is 12.2 Å². The summed E-state index contributed by atoms with van der Waals surface area (Å²) in [7, 11) is 0. The van der Waals surface area contributed by atoms with Crippen LogP contribution >= 0.6 is 11.3 Å². The van der Waals surface area contributed by atoms with E-state index in [2.05, 4.69) is 15.3 Å². The maximum atomic E-state index is 12.0. The zero-order valence-electron chi connectivity index (χ0n) is 14.8. The highest BCUT2D eigenvalue weighted by molar-refractivity contribution is 7.22. The summed E-state index contributed by atoms with van der Waals surface area (Å²) >= 11 is 1.37. The second-order valence-corrected chi connectivity index (χ2v) is 7.03. The fourth-order valence-electron chi connectivity index (χ4n) is 2.53. The third-order valence-electron chi connectivity index (χ3n) is 3.81. The van der Waals surface area contributed by atoms with Crippen LogP contribution in [0.4, 0.5) is 5.13 Å². The van der Waals surface area contributed by atoms with Crippen LogP contribution in [0.15, 0.2) is 53.0 Å². The van der Waals surface area contributed by atoms with E-state index in [9.17, 15) is 9.59 Å². The molecule has 2 aromatic heterocycles. The summed E-state index contributed by atoms with van der Waals surface area (Å²) in [6.07, 6.45) is 2.56. The normalized spacial score (nSPS) is 11.3. The van der Waals surface area contributed by atoms with E-state index in [0.717, 1.165) is 15.8 Å². The third kappa shape index (κ3) is 4.07. The van der Waals surface area contributed by atoms with E-state index >= 15 is 0 Å². The minimum atomic E-state index is -0.669. The topological polar surface area (TPSA) is 94.3 Å². The lowest BCUT2D eigenvalue weighted by Crippen LogP contribution is -2.19. The molecule has 7 nitrogen and oxygen atoms in total. The number of aryl methyl sites for hydroxylation is 1. The summed E-state index contributed by atoms with van der Waals surface area (Å²) in [6.45, 7) is 1.58. The van der Waals surface area contributed by atoms with E-state index in [1.54, 1.807) is 6.07 Å². The van der Waals surface area contributed by atoms with E-state index in [1.807, 2.05) is 43.3 Å². The van der Waals surface area contributed by atoms with Gasteiger partial charge in [-0.1, -0.05) is 29.5 Å². The number of nitrogens with zero attached hydrogens (tertiary/aromatic N) is 2. The number of nitrogens with one attached hydrogen (secondary N) is 1. The molecule has 0 aliphatic heterocycles. The van der Waals surface area contributed by atoms with E-state index in [1.165, 1.54) is 23.5 Å². The quantitative estimate of drug-likeness (QED) is 0.408. The lowest BCUT2D eigenvalue weighted by atomic mass is 10.2. The van der Waals surface area contributed by atoms with Gasteiger partial charge < -0.3 is 9.15 Å². The minimum Gasteiger partial charge on any atom is -0.452 e. The predicted molar refractivity (Wildman–Crippen MR) is 107 cm³/mol. The lowest BCUT2D eigenvalue weighted by molar-refractivity contribution is -0.142. The molecule has 1 amide bonds. The van der Waals surface area contributed by atoms with E-state index in [4.69, 9.17) is 9.15 Å². The number of aromatic nitrogens is 2. The van der Waals surface area contributed by atoms with Crippen LogP contribution in [0, 0.1) is 6.92 Å². The number of oxazole rings is 1. The number of amides is 1. The Morgan fingerprint density at radius 3 is 2.89 bits per heavy atom. The molecule has 28 heavy (non-hydrogen) atoms. The van der Waals surface area contributed by atoms with Crippen molar-refractivity contribution >= 4 is 55.7 Å². The van der Waals surface area contributed by atoms with Gasteiger partial charge in [-0.25, -0.2) is 14.8 Å².